The molecule has 0 aromatic heterocycles. The van der Waals surface area contributed by atoms with E-state index in [0.717, 1.165) is 0 Å². The molecule has 0 bridgehead atoms. The molecule has 0 spiro atoms. The van der Waals surface area contributed by atoms with Crippen LogP contribution in [0.5, 0.6) is 0 Å². The third kappa shape index (κ3) is 2.69. The number of benzene rings is 1. The van der Waals surface area contributed by atoms with Crippen molar-refractivity contribution in [2.75, 3.05) is 18.4 Å². The van der Waals surface area contributed by atoms with E-state index in [9.17, 15) is 9.90 Å². The molecule has 2 amide bonds. The van der Waals surface area contributed by atoms with Gasteiger partial charge in [-0.3, -0.25) is 0 Å². The molecular weight excluding hydrogens is 242 g/mol. The average molecular weight is 259 g/mol. The van der Waals surface area contributed by atoms with Gasteiger partial charge in [-0.25, -0.2) is 4.79 Å². The van der Waals surface area contributed by atoms with Gasteiger partial charge in [0.25, 0.3) is 0 Å². The number of nitriles is 1. The van der Waals surface area contributed by atoms with Crippen molar-refractivity contribution in [2.24, 2.45) is 5.92 Å². The van der Waals surface area contributed by atoms with Crippen molar-refractivity contribution in [1.82, 2.24) is 4.90 Å². The van der Waals surface area contributed by atoms with Gasteiger partial charge in [0.15, 0.2) is 0 Å². The van der Waals surface area contributed by atoms with Gasteiger partial charge in [0, 0.05) is 5.69 Å². The molecule has 1 fully saturated rings. The molecule has 0 unspecified atom stereocenters. The smallest absolute Gasteiger partial charge is 0.322 e. The third-order valence-corrected chi connectivity index (χ3v) is 3.56. The summed E-state index contributed by atoms with van der Waals surface area (Å²) < 4.78 is 0. The van der Waals surface area contributed by atoms with Crippen molar-refractivity contribution in [1.29, 1.82) is 5.26 Å². The minimum Gasteiger partial charge on any atom is -0.386 e. The number of anilines is 1. The SMILES string of the molecule is CC(C)C1(O)CN(C(=O)Nc2ccc(C#N)cc2)C1. The van der Waals surface area contributed by atoms with Gasteiger partial charge in [-0.05, 0) is 30.2 Å². The lowest BCUT2D eigenvalue weighted by molar-refractivity contribution is -0.105. The van der Waals surface area contributed by atoms with Gasteiger partial charge in [-0.1, -0.05) is 13.8 Å². The summed E-state index contributed by atoms with van der Waals surface area (Å²) in [5.74, 6) is 0.131. The Morgan fingerprint density at radius 3 is 2.47 bits per heavy atom. The minimum atomic E-state index is -0.762. The number of likely N-dealkylation sites (tertiary alicyclic amines) is 1. The Hall–Kier alpha value is -2.06. The minimum absolute atomic E-state index is 0.131. The largest absolute Gasteiger partial charge is 0.386 e. The van der Waals surface area contributed by atoms with Gasteiger partial charge in [0.1, 0.15) is 5.60 Å². The van der Waals surface area contributed by atoms with Crippen LogP contribution in [0.2, 0.25) is 0 Å². The summed E-state index contributed by atoms with van der Waals surface area (Å²) in [6.07, 6.45) is 0. The second-order valence-corrected chi connectivity index (χ2v) is 5.23. The zero-order chi connectivity index (χ0) is 14.0. The van der Waals surface area contributed by atoms with Crippen molar-refractivity contribution in [3.05, 3.63) is 29.8 Å². The van der Waals surface area contributed by atoms with E-state index in [0.29, 0.717) is 24.3 Å². The number of carbonyl (C=O) groups is 1. The molecule has 2 N–H and O–H groups in total. The Kier molecular flexibility index (Phi) is 3.45. The second-order valence-electron chi connectivity index (χ2n) is 5.23. The number of nitrogens with one attached hydrogen (secondary N) is 1. The quantitative estimate of drug-likeness (QED) is 0.850. The highest BCUT2D eigenvalue weighted by molar-refractivity contribution is 5.90. The third-order valence-electron chi connectivity index (χ3n) is 3.56. The number of hydrogen-bond donors (Lipinski definition) is 2. The molecule has 1 aliphatic rings. The number of amides is 2. The fourth-order valence-electron chi connectivity index (χ4n) is 1.95. The molecule has 1 aromatic carbocycles. The Balaban J connectivity index is 1.91. The molecular formula is C14H17N3O2. The van der Waals surface area contributed by atoms with Crippen molar-refractivity contribution < 1.29 is 9.90 Å². The molecule has 19 heavy (non-hydrogen) atoms. The summed E-state index contributed by atoms with van der Waals surface area (Å²) in [5, 5.41) is 21.5. The van der Waals surface area contributed by atoms with E-state index in [1.807, 2.05) is 19.9 Å². The van der Waals surface area contributed by atoms with Gasteiger partial charge >= 0.3 is 6.03 Å². The fourth-order valence-corrected chi connectivity index (χ4v) is 1.95. The van der Waals surface area contributed by atoms with Crippen LogP contribution >= 0.6 is 0 Å². The van der Waals surface area contributed by atoms with E-state index in [1.54, 1.807) is 29.2 Å². The maximum atomic E-state index is 11.9. The van der Waals surface area contributed by atoms with Gasteiger partial charge in [0.05, 0.1) is 24.7 Å². The van der Waals surface area contributed by atoms with Crippen LogP contribution < -0.4 is 5.32 Å². The standard InChI is InChI=1S/C14H17N3O2/c1-10(2)14(19)8-17(9-14)13(18)16-12-5-3-11(7-15)4-6-12/h3-6,10,19H,8-9H2,1-2H3,(H,16,18). The van der Waals surface area contributed by atoms with Crippen molar-refractivity contribution in [3.63, 3.8) is 0 Å². The van der Waals surface area contributed by atoms with Crippen LogP contribution in [0.4, 0.5) is 10.5 Å². The maximum Gasteiger partial charge on any atom is 0.322 e. The van der Waals surface area contributed by atoms with E-state index in [4.69, 9.17) is 5.26 Å². The summed E-state index contributed by atoms with van der Waals surface area (Å²) in [6, 6.07) is 8.46. The Labute approximate surface area is 112 Å². The van der Waals surface area contributed by atoms with Crippen molar-refractivity contribution in [3.8, 4) is 6.07 Å². The zero-order valence-corrected chi connectivity index (χ0v) is 11.1. The van der Waals surface area contributed by atoms with Crippen LogP contribution in [-0.2, 0) is 0 Å². The van der Waals surface area contributed by atoms with Crippen LogP contribution in [0, 0.1) is 17.2 Å². The van der Waals surface area contributed by atoms with Crippen LogP contribution in [-0.4, -0.2) is 34.7 Å². The van der Waals surface area contributed by atoms with E-state index < -0.39 is 5.60 Å². The lowest BCUT2D eigenvalue weighted by atomic mass is 9.83. The molecule has 1 heterocycles. The van der Waals surface area contributed by atoms with Crippen LogP contribution in [0.3, 0.4) is 0 Å². The molecule has 100 valence electrons. The normalized spacial score (nSPS) is 16.7. The summed E-state index contributed by atoms with van der Waals surface area (Å²) in [5.41, 5.74) is 0.433. The molecule has 1 aromatic rings. The molecule has 1 saturated heterocycles. The van der Waals surface area contributed by atoms with E-state index in [1.165, 1.54) is 0 Å². The number of urea groups is 1. The number of aliphatic hydroxyl groups is 1. The highest BCUT2D eigenvalue weighted by atomic mass is 16.3. The van der Waals surface area contributed by atoms with Crippen LogP contribution in [0.25, 0.3) is 0 Å². The number of hydrogen-bond acceptors (Lipinski definition) is 3. The second kappa shape index (κ2) is 4.90. The van der Waals surface area contributed by atoms with E-state index >= 15 is 0 Å². The highest BCUT2D eigenvalue weighted by Gasteiger charge is 2.45. The van der Waals surface area contributed by atoms with E-state index in [2.05, 4.69) is 5.32 Å². The first-order chi connectivity index (χ1) is 8.94. The predicted octanol–water partition coefficient (Wildman–Crippen LogP) is 1.79. The molecule has 0 atom stereocenters. The summed E-state index contributed by atoms with van der Waals surface area (Å²) in [7, 11) is 0. The first kappa shape index (κ1) is 13.4. The summed E-state index contributed by atoms with van der Waals surface area (Å²) >= 11 is 0. The first-order valence-electron chi connectivity index (χ1n) is 6.23. The van der Waals surface area contributed by atoms with Crippen LogP contribution in [0.1, 0.15) is 19.4 Å². The zero-order valence-electron chi connectivity index (χ0n) is 11.1. The Bertz CT molecular complexity index is 510. The fraction of sp³-hybridized carbons (Fsp3) is 0.429. The Morgan fingerprint density at radius 1 is 1.42 bits per heavy atom. The molecule has 0 aliphatic carbocycles. The average Bonchev–Trinajstić information content (AvgIpc) is 2.35. The Morgan fingerprint density at radius 2 is 2.00 bits per heavy atom. The summed E-state index contributed by atoms with van der Waals surface area (Å²) in [6.45, 7) is 4.59. The molecule has 0 saturated carbocycles. The monoisotopic (exact) mass is 259 g/mol. The first-order valence-corrected chi connectivity index (χ1v) is 6.23. The molecule has 5 heteroatoms. The lowest BCUT2D eigenvalue weighted by Gasteiger charge is -2.48. The highest BCUT2D eigenvalue weighted by Crippen LogP contribution is 2.28. The number of β-amino-alcohol motifs (C(OH)–C–C–N with tert-alkyl or cyclic N) is 1. The number of carbonyl (C=O) groups excluding carboxylic acids is 1. The van der Waals surface area contributed by atoms with Gasteiger partial charge in [0.2, 0.25) is 0 Å². The molecule has 1 aliphatic heterocycles. The lowest BCUT2D eigenvalue weighted by Crippen LogP contribution is -2.66. The van der Waals surface area contributed by atoms with E-state index in [-0.39, 0.29) is 11.9 Å². The summed E-state index contributed by atoms with van der Waals surface area (Å²) in [4.78, 5) is 13.5. The number of rotatable bonds is 2. The van der Waals surface area contributed by atoms with Gasteiger partial charge in [-0.2, -0.15) is 5.26 Å². The molecule has 0 radical (unpaired) electrons. The number of nitrogens with zero attached hydrogens (tertiary/aromatic N) is 2. The van der Waals surface area contributed by atoms with Gasteiger partial charge < -0.3 is 15.3 Å². The van der Waals surface area contributed by atoms with Crippen molar-refractivity contribution in [2.45, 2.75) is 19.4 Å². The molecule has 5 nitrogen and oxygen atoms in total. The predicted molar refractivity (Wildman–Crippen MR) is 71.5 cm³/mol. The maximum absolute atomic E-state index is 11.9. The van der Waals surface area contributed by atoms with Gasteiger partial charge in [-0.15, -0.1) is 0 Å². The van der Waals surface area contributed by atoms with Crippen molar-refractivity contribution >= 4 is 11.7 Å². The molecule has 2 rings (SSSR count). The topological polar surface area (TPSA) is 76.4 Å². The van der Waals surface area contributed by atoms with Crippen LogP contribution in [0.15, 0.2) is 24.3 Å².